The zero-order chi connectivity index (χ0) is 9.35. The van der Waals surface area contributed by atoms with Gasteiger partial charge in [-0.15, -0.1) is 0 Å². The van der Waals surface area contributed by atoms with Crippen LogP contribution in [0.15, 0.2) is 0 Å². The van der Waals surface area contributed by atoms with Crippen molar-refractivity contribution in [3.63, 3.8) is 0 Å². The van der Waals surface area contributed by atoms with Crippen LogP contribution in [0.4, 0.5) is 0 Å². The first kappa shape index (κ1) is 5.51. The van der Waals surface area contributed by atoms with Crippen LogP contribution in [0.2, 0.25) is 44.1 Å². The molecule has 0 aliphatic carbocycles. The van der Waals surface area contributed by atoms with Crippen molar-refractivity contribution in [1.29, 1.82) is 0 Å². The summed E-state index contributed by atoms with van der Waals surface area (Å²) in [7, 11) is -3.00. The predicted molar refractivity (Wildman–Crippen MR) is 56.0 cm³/mol. The van der Waals surface area contributed by atoms with E-state index in [9.17, 15) is 0 Å². The van der Waals surface area contributed by atoms with Crippen LogP contribution in [0.1, 0.15) is 26.7 Å². The number of hydrogen-bond acceptors (Lipinski definition) is 0. The number of hydrogen-bond donors (Lipinski definition) is 0. The predicted octanol–water partition coefficient (Wildman–Crippen LogP) is 4.94. The molecule has 0 nitrogen and oxygen atoms in total. The van der Waals surface area contributed by atoms with Crippen LogP contribution in [-0.4, -0.2) is 0 Å². The van der Waals surface area contributed by atoms with Crippen molar-refractivity contribution in [2.45, 2.75) is 70.8 Å². The van der Waals surface area contributed by atoms with Crippen LogP contribution in [0.3, 0.4) is 0 Å². The summed E-state index contributed by atoms with van der Waals surface area (Å²) in [5, 5.41) is 0. The fourth-order valence-corrected chi connectivity index (χ4v) is 160. The van der Waals surface area contributed by atoms with E-state index in [0.29, 0.717) is 0 Å². The Balaban J connectivity index is 1.88. The van der Waals surface area contributed by atoms with E-state index in [4.69, 9.17) is 0 Å². The van der Waals surface area contributed by atoms with Gasteiger partial charge in [0.15, 0.2) is 0 Å². The second kappa shape index (κ2) is 0.388. The molecule has 1 heteroatoms. The molecule has 0 N–H and O–H groups in total. The minimum atomic E-state index is -3.00. The van der Waals surface area contributed by atoms with Crippen LogP contribution in [0.25, 0.3) is 0 Å². The average Bonchev–Trinajstić information content (AvgIpc) is 3.22. The molecule has 82 valence electrons. The van der Waals surface area contributed by atoms with E-state index in [-0.39, 0.29) is 0 Å². The molecule has 1 spiro atoms. The molecular formula is C14H18Ru. The van der Waals surface area contributed by atoms with Gasteiger partial charge in [-0.05, 0) is 0 Å². The quantitative estimate of drug-likeness (QED) is 0.631. The van der Waals surface area contributed by atoms with E-state index in [1.165, 1.54) is 8.02 Å². The van der Waals surface area contributed by atoms with Crippen LogP contribution in [0, 0.1) is 0 Å². The minimum absolute atomic E-state index is 1.22. The van der Waals surface area contributed by atoms with E-state index >= 15 is 0 Å². The summed E-state index contributed by atoms with van der Waals surface area (Å²) in [6, 6.07) is 0. The SMILES string of the molecule is CC[C]12[CH]3[CH]4[CH]5[CH]1[Ru]45321678[CH]2[CH]1[CH]6[C]7(CC)[CH]28. The van der Waals surface area contributed by atoms with Gasteiger partial charge in [0, 0.05) is 0 Å². The van der Waals surface area contributed by atoms with Crippen LogP contribution in [-0.2, 0) is 7.72 Å². The van der Waals surface area contributed by atoms with Gasteiger partial charge < -0.3 is 0 Å². The molecule has 10 fully saturated rings. The Kier molecular flexibility index (Phi) is 0.143. The Morgan fingerprint density at radius 1 is 0.733 bits per heavy atom. The molecule has 10 aliphatic rings. The van der Waals surface area contributed by atoms with Gasteiger partial charge >= 0.3 is 78.5 Å². The molecule has 0 aromatic rings. The van der Waals surface area contributed by atoms with Crippen LogP contribution >= 0.6 is 0 Å². The second-order valence-electron chi connectivity index (χ2n) is 10.8. The standard InChI is InChI=1S/2C7H9.Ru/c2*1-2-7-5-3-4-6-7;/h2*3-6H,2H2,1H3;. The van der Waals surface area contributed by atoms with Crippen molar-refractivity contribution < 1.29 is 7.72 Å². The van der Waals surface area contributed by atoms with Gasteiger partial charge in [0.05, 0.1) is 0 Å². The number of rotatable bonds is 2. The van der Waals surface area contributed by atoms with Crippen molar-refractivity contribution in [3.05, 3.63) is 0 Å². The average molecular weight is 287 g/mol. The molecule has 0 aromatic carbocycles. The monoisotopic (exact) mass is 288 g/mol. The van der Waals surface area contributed by atoms with Gasteiger partial charge in [-0.3, -0.25) is 0 Å². The van der Waals surface area contributed by atoms with Crippen molar-refractivity contribution >= 4 is 0 Å². The molecule has 10 saturated heterocycles. The zero-order valence-corrected chi connectivity index (χ0v) is 11.1. The van der Waals surface area contributed by atoms with Gasteiger partial charge in [-0.25, -0.2) is 0 Å². The summed E-state index contributed by atoms with van der Waals surface area (Å²) in [4.78, 5) is 0. The van der Waals surface area contributed by atoms with E-state index in [1.54, 1.807) is 48.9 Å². The Morgan fingerprint density at radius 3 is 1.20 bits per heavy atom. The molecule has 0 bridgehead atoms. The van der Waals surface area contributed by atoms with E-state index in [1.807, 2.05) is 0 Å². The molecule has 15 heavy (non-hydrogen) atoms. The summed E-state index contributed by atoms with van der Waals surface area (Å²) in [6.45, 7) is 5.21. The Morgan fingerprint density at radius 2 is 1.07 bits per heavy atom. The molecule has 0 saturated carbocycles. The normalized spacial score (nSPS) is 139. The molecule has 10 aliphatic heterocycles. The Labute approximate surface area is 78.5 Å². The molecular weight excluding hydrogens is 269 g/mol. The fraction of sp³-hybridized carbons (Fsp3) is 1.00. The molecule has 0 aromatic heterocycles. The molecule has 8 unspecified atom stereocenters. The van der Waals surface area contributed by atoms with Gasteiger partial charge in [-0.1, -0.05) is 0 Å². The third kappa shape index (κ3) is 0.0431. The Bertz CT molecular complexity index is 851. The van der Waals surface area contributed by atoms with Gasteiger partial charge in [0.25, 0.3) is 0 Å². The van der Waals surface area contributed by atoms with Gasteiger partial charge in [-0.2, -0.15) is 0 Å². The molecule has 0 radical (unpaired) electrons. The molecule has 10 rings (SSSR count). The summed E-state index contributed by atoms with van der Waals surface area (Å²) in [5.74, 6) is 0. The third-order valence-electron chi connectivity index (χ3n) is 16.5. The first-order valence-corrected chi connectivity index (χ1v) is 17.0. The van der Waals surface area contributed by atoms with E-state index in [2.05, 4.69) is 13.8 Å². The van der Waals surface area contributed by atoms with E-state index in [0.717, 1.165) is 0 Å². The molecule has 0 amide bonds. The fourth-order valence-electron chi connectivity index (χ4n) is 19.5. The summed E-state index contributed by atoms with van der Waals surface area (Å²) in [6.07, 6.45) is 3.36. The van der Waals surface area contributed by atoms with Crippen molar-refractivity contribution in [2.75, 3.05) is 0 Å². The summed E-state index contributed by atoms with van der Waals surface area (Å²) < 4.78 is 14.8. The van der Waals surface area contributed by atoms with E-state index < -0.39 is 7.72 Å². The topological polar surface area (TPSA) is 0 Å². The first-order valence-electron chi connectivity index (χ1n) is 7.26. The first-order chi connectivity index (χ1) is 7.05. The summed E-state index contributed by atoms with van der Waals surface area (Å²) in [5.41, 5.74) is 0. The van der Waals surface area contributed by atoms with Crippen LogP contribution in [0.5, 0.6) is 0 Å². The maximum atomic E-state index is 2.61. The second-order valence-corrected chi connectivity index (χ2v) is 47.7. The van der Waals surface area contributed by atoms with Gasteiger partial charge in [0.2, 0.25) is 0 Å². The third-order valence-corrected chi connectivity index (χ3v) is 86.3. The summed E-state index contributed by atoms with van der Waals surface area (Å²) >= 11 is 0. The molecule has 10 heterocycles. The van der Waals surface area contributed by atoms with Crippen molar-refractivity contribution in [3.8, 4) is 0 Å². The number of fused-ring (bicyclic) bond motifs is 10. The van der Waals surface area contributed by atoms with Crippen molar-refractivity contribution in [2.24, 2.45) is 0 Å². The molecule has 8 atom stereocenters. The zero-order valence-electron chi connectivity index (χ0n) is 9.39. The van der Waals surface area contributed by atoms with Crippen LogP contribution < -0.4 is 0 Å². The Hall–Kier alpha value is 0.623. The van der Waals surface area contributed by atoms with Crippen molar-refractivity contribution in [1.82, 2.24) is 0 Å². The maximum absolute atomic E-state index is 3.00. The van der Waals surface area contributed by atoms with Gasteiger partial charge in [0.1, 0.15) is 0 Å².